The zero-order valence-electron chi connectivity index (χ0n) is 9.82. The van der Waals surface area contributed by atoms with Gasteiger partial charge in [-0.3, -0.25) is 14.4 Å². The van der Waals surface area contributed by atoms with Crippen molar-refractivity contribution in [1.29, 1.82) is 0 Å². The van der Waals surface area contributed by atoms with Crippen molar-refractivity contribution in [1.82, 2.24) is 10.6 Å². The topological polar surface area (TPSA) is 95.5 Å². The molecule has 6 nitrogen and oxygen atoms in total. The van der Waals surface area contributed by atoms with Crippen molar-refractivity contribution < 1.29 is 19.5 Å². The first-order valence-electron chi connectivity index (χ1n) is 5.64. The third kappa shape index (κ3) is 1.99. The molecule has 1 aliphatic heterocycles. The van der Waals surface area contributed by atoms with E-state index < -0.39 is 23.2 Å². The zero-order valence-corrected chi connectivity index (χ0v) is 9.82. The summed E-state index contributed by atoms with van der Waals surface area (Å²) in [5.74, 6) is -2.39. The minimum Gasteiger partial charge on any atom is -0.481 e. The van der Waals surface area contributed by atoms with Crippen molar-refractivity contribution in [3.8, 4) is 0 Å². The minimum atomic E-state index is -0.934. The van der Waals surface area contributed by atoms with Gasteiger partial charge in [0, 0.05) is 13.0 Å². The standard InChI is InChI=1S/C11H16N2O4/c1-11(2)7(8(11)10(16)17)9(15)13-5-3-6(14)12-4-5/h5,7-8H,3-4H2,1-2H3,(H,12,14)(H,13,15)(H,16,17). The largest absolute Gasteiger partial charge is 0.481 e. The Hall–Kier alpha value is -1.59. The lowest BCUT2D eigenvalue weighted by Gasteiger charge is -2.10. The second-order valence-corrected chi connectivity index (χ2v) is 5.33. The molecule has 1 heterocycles. The Labute approximate surface area is 98.8 Å². The summed E-state index contributed by atoms with van der Waals surface area (Å²) in [6, 6.07) is -0.208. The molecule has 2 aliphatic rings. The molecule has 94 valence electrons. The van der Waals surface area contributed by atoms with Gasteiger partial charge in [-0.25, -0.2) is 0 Å². The average Bonchev–Trinajstić information content (AvgIpc) is 2.54. The van der Waals surface area contributed by atoms with Gasteiger partial charge in [-0.1, -0.05) is 13.8 Å². The second-order valence-electron chi connectivity index (χ2n) is 5.33. The van der Waals surface area contributed by atoms with Crippen LogP contribution in [-0.4, -0.2) is 35.5 Å². The Kier molecular flexibility index (Phi) is 2.60. The molecule has 1 saturated carbocycles. The molecule has 1 saturated heterocycles. The summed E-state index contributed by atoms with van der Waals surface area (Å²) >= 11 is 0. The molecule has 0 radical (unpaired) electrons. The van der Waals surface area contributed by atoms with Gasteiger partial charge in [0.25, 0.3) is 0 Å². The highest BCUT2D eigenvalue weighted by Crippen LogP contribution is 2.58. The first-order valence-corrected chi connectivity index (χ1v) is 5.64. The van der Waals surface area contributed by atoms with Crippen molar-refractivity contribution in [2.24, 2.45) is 17.3 Å². The van der Waals surface area contributed by atoms with E-state index in [1.807, 2.05) is 0 Å². The van der Waals surface area contributed by atoms with Crippen molar-refractivity contribution in [3.63, 3.8) is 0 Å². The van der Waals surface area contributed by atoms with Gasteiger partial charge in [-0.05, 0) is 5.41 Å². The maximum atomic E-state index is 11.9. The molecule has 6 heteroatoms. The van der Waals surface area contributed by atoms with Crippen molar-refractivity contribution in [2.45, 2.75) is 26.3 Å². The zero-order chi connectivity index (χ0) is 12.8. The Balaban J connectivity index is 1.94. The van der Waals surface area contributed by atoms with Gasteiger partial charge in [-0.2, -0.15) is 0 Å². The predicted octanol–water partition coefficient (Wildman–Crippen LogP) is -0.652. The molecule has 0 aromatic rings. The van der Waals surface area contributed by atoms with Gasteiger partial charge in [0.2, 0.25) is 11.8 Å². The van der Waals surface area contributed by atoms with Gasteiger partial charge in [-0.15, -0.1) is 0 Å². The molecular formula is C11H16N2O4. The lowest BCUT2D eigenvalue weighted by molar-refractivity contribution is -0.140. The molecule has 1 aliphatic carbocycles. The van der Waals surface area contributed by atoms with Crippen molar-refractivity contribution in [2.75, 3.05) is 6.54 Å². The Bertz CT molecular complexity index is 391. The third-order valence-corrected chi connectivity index (χ3v) is 3.70. The van der Waals surface area contributed by atoms with Gasteiger partial charge in [0.15, 0.2) is 0 Å². The number of aliphatic carboxylic acids is 1. The van der Waals surface area contributed by atoms with E-state index in [4.69, 9.17) is 5.11 Å². The molecule has 3 N–H and O–H groups in total. The number of amides is 2. The van der Waals surface area contributed by atoms with Crippen LogP contribution in [0.2, 0.25) is 0 Å². The summed E-state index contributed by atoms with van der Waals surface area (Å²) in [6.45, 7) is 3.97. The van der Waals surface area contributed by atoms with E-state index in [2.05, 4.69) is 10.6 Å². The summed E-state index contributed by atoms with van der Waals surface area (Å²) in [4.78, 5) is 33.8. The van der Waals surface area contributed by atoms with Gasteiger partial charge in [0.1, 0.15) is 0 Å². The van der Waals surface area contributed by atoms with Gasteiger partial charge < -0.3 is 15.7 Å². The second kappa shape index (κ2) is 3.72. The number of rotatable bonds is 3. The molecule has 0 aromatic carbocycles. The van der Waals surface area contributed by atoms with Gasteiger partial charge >= 0.3 is 5.97 Å². The normalized spacial score (nSPS) is 34.0. The lowest BCUT2D eigenvalue weighted by Crippen LogP contribution is -2.38. The smallest absolute Gasteiger partial charge is 0.307 e. The number of carbonyl (C=O) groups is 3. The Morgan fingerprint density at radius 1 is 1.41 bits per heavy atom. The monoisotopic (exact) mass is 240 g/mol. The fourth-order valence-corrected chi connectivity index (χ4v) is 2.59. The summed E-state index contributed by atoms with van der Waals surface area (Å²) in [5, 5.41) is 14.3. The highest BCUT2D eigenvalue weighted by Gasteiger charge is 2.66. The van der Waals surface area contributed by atoms with E-state index in [1.54, 1.807) is 13.8 Å². The van der Waals surface area contributed by atoms with Crippen LogP contribution in [0.5, 0.6) is 0 Å². The SMILES string of the molecule is CC1(C)C(C(=O)O)C1C(=O)NC1CNC(=O)C1. The minimum absolute atomic E-state index is 0.0832. The average molecular weight is 240 g/mol. The van der Waals surface area contributed by atoms with E-state index >= 15 is 0 Å². The molecular weight excluding hydrogens is 224 g/mol. The number of nitrogens with one attached hydrogen (secondary N) is 2. The van der Waals surface area contributed by atoms with Crippen LogP contribution in [0, 0.1) is 17.3 Å². The molecule has 17 heavy (non-hydrogen) atoms. The third-order valence-electron chi connectivity index (χ3n) is 3.70. The van der Waals surface area contributed by atoms with Crippen LogP contribution in [0.15, 0.2) is 0 Å². The predicted molar refractivity (Wildman–Crippen MR) is 58.0 cm³/mol. The van der Waals surface area contributed by atoms with Crippen LogP contribution in [-0.2, 0) is 14.4 Å². The van der Waals surface area contributed by atoms with E-state index in [-0.39, 0.29) is 24.3 Å². The van der Waals surface area contributed by atoms with Crippen molar-refractivity contribution in [3.05, 3.63) is 0 Å². The lowest BCUT2D eigenvalue weighted by atomic mass is 10.1. The molecule has 3 atom stereocenters. The Morgan fingerprint density at radius 2 is 2.06 bits per heavy atom. The van der Waals surface area contributed by atoms with Crippen LogP contribution < -0.4 is 10.6 Å². The highest BCUT2D eigenvalue weighted by molar-refractivity contribution is 5.92. The van der Waals surface area contributed by atoms with Crippen LogP contribution in [0.4, 0.5) is 0 Å². The molecule has 2 fully saturated rings. The van der Waals surface area contributed by atoms with Crippen molar-refractivity contribution >= 4 is 17.8 Å². The maximum Gasteiger partial charge on any atom is 0.307 e. The highest BCUT2D eigenvalue weighted by atomic mass is 16.4. The summed E-state index contributed by atoms with van der Waals surface area (Å²) in [5.41, 5.74) is -0.494. The number of carboxylic acids is 1. The molecule has 2 rings (SSSR count). The number of hydrogen-bond donors (Lipinski definition) is 3. The van der Waals surface area contributed by atoms with Crippen LogP contribution >= 0.6 is 0 Å². The molecule has 2 amide bonds. The first-order chi connectivity index (χ1) is 7.84. The van der Waals surface area contributed by atoms with E-state index in [1.165, 1.54) is 0 Å². The fraction of sp³-hybridized carbons (Fsp3) is 0.727. The number of hydrogen-bond acceptors (Lipinski definition) is 3. The number of carbonyl (C=O) groups excluding carboxylic acids is 2. The molecule has 0 aromatic heterocycles. The quantitative estimate of drug-likeness (QED) is 0.610. The fourth-order valence-electron chi connectivity index (χ4n) is 2.59. The van der Waals surface area contributed by atoms with E-state index in [0.717, 1.165) is 0 Å². The maximum absolute atomic E-state index is 11.9. The molecule has 3 unspecified atom stereocenters. The summed E-state index contributed by atoms with van der Waals surface area (Å²) in [6.07, 6.45) is 0.274. The van der Waals surface area contributed by atoms with E-state index in [9.17, 15) is 14.4 Å². The first kappa shape index (κ1) is 11.9. The molecule has 0 bridgehead atoms. The van der Waals surface area contributed by atoms with E-state index in [0.29, 0.717) is 6.54 Å². The van der Waals surface area contributed by atoms with Crippen LogP contribution in [0.25, 0.3) is 0 Å². The Morgan fingerprint density at radius 3 is 2.47 bits per heavy atom. The number of carboxylic acid groups (broad SMARTS) is 1. The van der Waals surface area contributed by atoms with Crippen LogP contribution in [0.3, 0.4) is 0 Å². The summed E-state index contributed by atoms with van der Waals surface area (Å²) in [7, 11) is 0. The van der Waals surface area contributed by atoms with Crippen LogP contribution in [0.1, 0.15) is 20.3 Å². The summed E-state index contributed by atoms with van der Waals surface area (Å²) < 4.78 is 0. The molecule has 0 spiro atoms. The van der Waals surface area contributed by atoms with Gasteiger partial charge in [0.05, 0.1) is 17.9 Å².